The Bertz CT molecular complexity index is 29.5. The maximum absolute atomic E-state index is 7.26. The zero-order valence-electron chi connectivity index (χ0n) is 1.66. The minimum atomic E-state index is 0. The van der Waals surface area contributed by atoms with Crippen molar-refractivity contribution >= 4 is 16.0 Å². The van der Waals surface area contributed by atoms with Crippen LogP contribution in [0.3, 0.4) is 0 Å². The average molecular weight is 169 g/mol. The predicted octanol–water partition coefficient (Wildman–Crippen LogP) is -0.367. The van der Waals surface area contributed by atoms with Crippen LogP contribution in [0.15, 0.2) is 0 Å². The van der Waals surface area contributed by atoms with Crippen molar-refractivity contribution < 1.29 is 17.1 Å². The maximum Gasteiger partial charge on any atom is 1.00 e. The second-order valence-corrected chi connectivity index (χ2v) is 0.474. The van der Waals surface area contributed by atoms with Gasteiger partial charge in [-0.15, -0.1) is 0 Å². The molecule has 0 aromatic rings. The first-order valence-electron chi connectivity index (χ1n) is 0.428. The van der Waals surface area contributed by atoms with Gasteiger partial charge in [-0.1, -0.05) is 0 Å². The van der Waals surface area contributed by atoms with Crippen molar-refractivity contribution in [2.75, 3.05) is 0 Å². The number of rotatable bonds is 0. The van der Waals surface area contributed by atoms with Crippen molar-refractivity contribution in [1.29, 1.82) is 5.26 Å². The summed E-state index contributed by atoms with van der Waals surface area (Å²) in [5.41, 5.74) is 0. The van der Waals surface area contributed by atoms with Crippen LogP contribution in [0, 0.1) is 10.2 Å². The molecular formula is CCuNSe. The van der Waals surface area contributed by atoms with Gasteiger partial charge in [0.1, 0.15) is 0 Å². The maximum atomic E-state index is 7.26. The van der Waals surface area contributed by atoms with E-state index in [1.807, 2.05) is 0 Å². The van der Waals surface area contributed by atoms with Crippen LogP contribution < -0.4 is 0 Å². The van der Waals surface area contributed by atoms with Crippen molar-refractivity contribution in [2.45, 2.75) is 0 Å². The second kappa shape index (κ2) is 9.65. The van der Waals surface area contributed by atoms with Gasteiger partial charge in [-0.3, -0.25) is 0 Å². The summed E-state index contributed by atoms with van der Waals surface area (Å²) < 4.78 is 0. The van der Waals surface area contributed by atoms with Crippen LogP contribution in [-0.4, -0.2) is 16.0 Å². The number of hydrogen-bond acceptors (Lipinski definition) is 1. The summed E-state index contributed by atoms with van der Waals surface area (Å²) in [6.07, 6.45) is 0. The first-order valence-corrected chi connectivity index (χ1v) is 1.28. The van der Waals surface area contributed by atoms with Crippen LogP contribution in [0.4, 0.5) is 0 Å². The summed E-state index contributed by atoms with van der Waals surface area (Å²) >= 11 is 2.11. The van der Waals surface area contributed by atoms with E-state index in [-0.39, 0.29) is 17.1 Å². The Morgan fingerprint density at radius 1 is 1.75 bits per heavy atom. The summed E-state index contributed by atoms with van der Waals surface area (Å²) in [5, 5.41) is 7.26. The Balaban J connectivity index is 0. The summed E-state index contributed by atoms with van der Waals surface area (Å²) in [4.78, 5) is 1.62. The Labute approximate surface area is 43.7 Å². The van der Waals surface area contributed by atoms with E-state index in [2.05, 4.69) is 16.0 Å². The second-order valence-electron chi connectivity index (χ2n) is 0.0913. The van der Waals surface area contributed by atoms with E-state index in [1.165, 1.54) is 0 Å². The van der Waals surface area contributed by atoms with Gasteiger partial charge in [-0.2, -0.15) is 0 Å². The molecule has 0 spiro atoms. The molecule has 3 heteroatoms. The van der Waals surface area contributed by atoms with Gasteiger partial charge in [0.05, 0.1) is 0 Å². The molecule has 0 aliphatic rings. The van der Waals surface area contributed by atoms with Crippen LogP contribution in [0.1, 0.15) is 0 Å². The molecule has 0 fully saturated rings. The Hall–Kier alpha value is 0.529. The molecule has 0 saturated carbocycles. The molecule has 0 bridgehead atoms. The van der Waals surface area contributed by atoms with E-state index in [1.54, 1.807) is 4.97 Å². The van der Waals surface area contributed by atoms with Crippen LogP contribution in [-0.2, 0) is 17.1 Å². The van der Waals surface area contributed by atoms with Crippen molar-refractivity contribution in [3.63, 3.8) is 0 Å². The molecule has 0 amide bonds. The summed E-state index contributed by atoms with van der Waals surface area (Å²) in [6.45, 7) is 0. The van der Waals surface area contributed by atoms with Crippen molar-refractivity contribution in [3.8, 4) is 4.97 Å². The molecule has 0 N–H and O–H groups in total. The summed E-state index contributed by atoms with van der Waals surface area (Å²) in [7, 11) is 0. The van der Waals surface area contributed by atoms with E-state index in [9.17, 15) is 0 Å². The molecule has 0 aliphatic carbocycles. The van der Waals surface area contributed by atoms with E-state index in [4.69, 9.17) is 5.26 Å². The van der Waals surface area contributed by atoms with Crippen molar-refractivity contribution in [1.82, 2.24) is 0 Å². The van der Waals surface area contributed by atoms with Crippen LogP contribution >= 0.6 is 0 Å². The van der Waals surface area contributed by atoms with Crippen LogP contribution in [0.25, 0.3) is 0 Å². The number of hydrogen-bond donors (Lipinski definition) is 0. The fraction of sp³-hybridized carbons (Fsp3) is 0. The van der Waals surface area contributed by atoms with E-state index in [0.717, 1.165) is 0 Å². The third kappa shape index (κ3) is 21.1. The van der Waals surface area contributed by atoms with Gasteiger partial charge >= 0.3 is 43.3 Å². The summed E-state index contributed by atoms with van der Waals surface area (Å²) in [5.74, 6) is 0. The molecule has 0 rings (SSSR count). The molecule has 0 aromatic carbocycles. The van der Waals surface area contributed by atoms with Crippen molar-refractivity contribution in [2.24, 2.45) is 0 Å². The minimum Gasteiger partial charge on any atom is 1.00 e. The molecule has 0 atom stereocenters. The standard InChI is InChI=1S/CHNSe.Cu/c2-1-3;/h3H;/q;+1/p-1. The van der Waals surface area contributed by atoms with Gasteiger partial charge in [0.2, 0.25) is 0 Å². The third-order valence-corrected chi connectivity index (χ3v) is 0. The van der Waals surface area contributed by atoms with Gasteiger partial charge < -0.3 is 0 Å². The Morgan fingerprint density at radius 2 is 1.75 bits per heavy atom. The summed E-state index contributed by atoms with van der Waals surface area (Å²) in [6, 6.07) is 0. The Morgan fingerprint density at radius 3 is 1.75 bits per heavy atom. The van der Waals surface area contributed by atoms with Gasteiger partial charge in [-0.05, 0) is 0 Å². The molecule has 0 saturated heterocycles. The van der Waals surface area contributed by atoms with Gasteiger partial charge in [0.15, 0.2) is 0 Å². The van der Waals surface area contributed by atoms with Crippen molar-refractivity contribution in [3.05, 3.63) is 0 Å². The first kappa shape index (κ1) is 8.82. The molecule has 0 aliphatic heterocycles. The topological polar surface area (TPSA) is 23.8 Å². The van der Waals surface area contributed by atoms with Gasteiger partial charge in [0.25, 0.3) is 0 Å². The van der Waals surface area contributed by atoms with E-state index in [0.29, 0.717) is 0 Å². The predicted molar refractivity (Wildman–Crippen MR) is 11.4 cm³/mol. The largest absolute Gasteiger partial charge is 1.00 e. The quantitative estimate of drug-likeness (QED) is 0.453. The third-order valence-electron chi connectivity index (χ3n) is 0. The minimum absolute atomic E-state index is 0. The monoisotopic (exact) mass is 169 g/mol. The first-order chi connectivity index (χ1) is 1.41. The van der Waals surface area contributed by atoms with E-state index < -0.39 is 0 Å². The molecule has 4 heavy (non-hydrogen) atoms. The number of nitrogens with zero attached hydrogens (tertiary/aromatic N) is 1. The fourth-order valence-corrected chi connectivity index (χ4v) is 0. The molecular weight excluding hydrogens is 169 g/mol. The molecule has 0 radical (unpaired) electrons. The smallest absolute Gasteiger partial charge is 1.00 e. The normalized spacial score (nSPS) is 1.75. The number of nitriles is 1. The molecule has 26 valence electrons. The average Bonchev–Trinajstić information content (AvgIpc) is 0.918. The zero-order valence-corrected chi connectivity index (χ0v) is 4.31. The molecule has 0 unspecified atom stereocenters. The SMILES string of the molecule is N#C[Se-].[Cu+]. The molecule has 0 heterocycles. The van der Waals surface area contributed by atoms with E-state index >= 15 is 0 Å². The van der Waals surface area contributed by atoms with Gasteiger partial charge in [-0.25, -0.2) is 0 Å². The zero-order chi connectivity index (χ0) is 2.71. The fourth-order valence-electron chi connectivity index (χ4n) is 0. The van der Waals surface area contributed by atoms with Gasteiger partial charge in [0, 0.05) is 0 Å². The van der Waals surface area contributed by atoms with Crippen LogP contribution in [0.2, 0.25) is 0 Å². The molecule has 1 nitrogen and oxygen atoms in total. The molecule has 0 aromatic heterocycles. The Kier molecular flexibility index (Phi) is 21.3. The van der Waals surface area contributed by atoms with Crippen LogP contribution in [0.5, 0.6) is 0 Å².